The van der Waals surface area contributed by atoms with Crippen LogP contribution in [0.3, 0.4) is 0 Å². The van der Waals surface area contributed by atoms with Crippen molar-refractivity contribution in [3.8, 4) is 0 Å². The third kappa shape index (κ3) is 4.97. The van der Waals surface area contributed by atoms with E-state index in [1.54, 1.807) is 0 Å². The molecule has 1 fully saturated rings. The Morgan fingerprint density at radius 1 is 1.33 bits per heavy atom. The van der Waals surface area contributed by atoms with Crippen molar-refractivity contribution in [2.75, 3.05) is 13.6 Å². The van der Waals surface area contributed by atoms with Crippen molar-refractivity contribution >= 4 is 5.91 Å². The summed E-state index contributed by atoms with van der Waals surface area (Å²) in [6.07, 6.45) is 8.62. The van der Waals surface area contributed by atoms with E-state index in [-0.39, 0.29) is 12.0 Å². The lowest BCUT2D eigenvalue weighted by molar-refractivity contribution is -0.135. The molecule has 1 amide bonds. The molecule has 1 unspecified atom stereocenters. The molecule has 3 nitrogen and oxygen atoms in total. The van der Waals surface area contributed by atoms with Crippen molar-refractivity contribution < 1.29 is 4.79 Å². The highest BCUT2D eigenvalue weighted by molar-refractivity contribution is 5.78. The minimum Gasteiger partial charge on any atom is -0.344 e. The highest BCUT2D eigenvalue weighted by atomic mass is 16.2. The highest BCUT2D eigenvalue weighted by Gasteiger charge is 2.27. The summed E-state index contributed by atoms with van der Waals surface area (Å²) in [5, 5.41) is 0. The summed E-state index contributed by atoms with van der Waals surface area (Å²) in [7, 11) is 1.88. The predicted octanol–water partition coefficient (Wildman–Crippen LogP) is 2.79. The van der Waals surface area contributed by atoms with Gasteiger partial charge in [-0.05, 0) is 38.5 Å². The molecule has 3 heteroatoms. The number of nitrogens with zero attached hydrogens (tertiary/aromatic N) is 1. The van der Waals surface area contributed by atoms with Crippen LogP contribution in [0, 0.1) is 11.8 Å². The predicted molar refractivity (Wildman–Crippen MR) is 76.3 cm³/mol. The number of hydrogen-bond donors (Lipinski definition) is 1. The molecule has 1 rings (SSSR count). The van der Waals surface area contributed by atoms with Crippen molar-refractivity contribution in [2.24, 2.45) is 17.6 Å². The Kier molecular flexibility index (Phi) is 6.69. The molecular weight excluding hydrogens is 224 g/mol. The van der Waals surface area contributed by atoms with E-state index in [2.05, 4.69) is 6.92 Å². The summed E-state index contributed by atoms with van der Waals surface area (Å²) in [4.78, 5) is 14.0. The molecule has 0 heterocycles. The summed E-state index contributed by atoms with van der Waals surface area (Å²) >= 11 is 0. The monoisotopic (exact) mass is 254 g/mol. The number of rotatable bonds is 6. The number of carbonyl (C=O) groups is 1. The zero-order valence-corrected chi connectivity index (χ0v) is 12.3. The second kappa shape index (κ2) is 7.78. The molecule has 0 aromatic heterocycles. The van der Waals surface area contributed by atoms with Gasteiger partial charge in [0.15, 0.2) is 0 Å². The van der Waals surface area contributed by atoms with Crippen molar-refractivity contribution in [3.63, 3.8) is 0 Å². The molecule has 1 aliphatic rings. The second-order valence-electron chi connectivity index (χ2n) is 6.06. The molecule has 0 bridgehead atoms. The fourth-order valence-electron chi connectivity index (χ4n) is 3.02. The van der Waals surface area contributed by atoms with E-state index in [4.69, 9.17) is 5.73 Å². The zero-order valence-electron chi connectivity index (χ0n) is 12.3. The Labute approximate surface area is 112 Å². The first-order valence-corrected chi connectivity index (χ1v) is 7.55. The summed E-state index contributed by atoms with van der Waals surface area (Å²) in [5.74, 6) is 1.43. The van der Waals surface area contributed by atoms with Gasteiger partial charge in [-0.3, -0.25) is 4.79 Å². The third-order valence-electron chi connectivity index (χ3n) is 4.10. The summed E-state index contributed by atoms with van der Waals surface area (Å²) in [6, 6.07) is 0.0693. The lowest BCUT2D eigenvalue weighted by Gasteiger charge is -2.31. The number of likely N-dealkylation sites (N-methyl/N-ethyl adjacent to an activating group) is 1. The van der Waals surface area contributed by atoms with Crippen LogP contribution >= 0.6 is 0 Å². The van der Waals surface area contributed by atoms with Crippen LogP contribution in [-0.4, -0.2) is 30.4 Å². The Bertz CT molecular complexity index is 245. The number of hydrogen-bond acceptors (Lipinski definition) is 2. The Morgan fingerprint density at radius 3 is 2.44 bits per heavy atom. The van der Waals surface area contributed by atoms with Crippen molar-refractivity contribution in [1.29, 1.82) is 0 Å². The van der Waals surface area contributed by atoms with Crippen molar-refractivity contribution in [2.45, 2.75) is 64.8 Å². The van der Waals surface area contributed by atoms with E-state index in [0.29, 0.717) is 12.5 Å². The van der Waals surface area contributed by atoms with E-state index >= 15 is 0 Å². The van der Waals surface area contributed by atoms with Crippen molar-refractivity contribution in [3.05, 3.63) is 0 Å². The van der Waals surface area contributed by atoms with Gasteiger partial charge in [-0.25, -0.2) is 0 Å². The van der Waals surface area contributed by atoms with Crippen LogP contribution in [0.25, 0.3) is 0 Å². The lowest BCUT2D eigenvalue weighted by atomic mass is 9.79. The van der Waals surface area contributed by atoms with E-state index < -0.39 is 0 Å². The lowest BCUT2D eigenvalue weighted by Crippen LogP contribution is -2.41. The Morgan fingerprint density at radius 2 is 1.94 bits per heavy atom. The Balaban J connectivity index is 2.31. The normalized spacial score (nSPS) is 25.8. The van der Waals surface area contributed by atoms with Gasteiger partial charge < -0.3 is 10.6 Å². The van der Waals surface area contributed by atoms with Gasteiger partial charge in [-0.2, -0.15) is 0 Å². The minimum absolute atomic E-state index is 0.0693. The number of carbonyl (C=O) groups excluding carboxylic acids is 1. The van der Waals surface area contributed by atoms with Gasteiger partial charge in [-0.15, -0.1) is 0 Å². The topological polar surface area (TPSA) is 46.3 Å². The third-order valence-corrected chi connectivity index (χ3v) is 4.10. The van der Waals surface area contributed by atoms with Crippen LogP contribution in [0.5, 0.6) is 0 Å². The Hall–Kier alpha value is -0.570. The minimum atomic E-state index is 0.0693. The summed E-state index contributed by atoms with van der Waals surface area (Å²) in [6.45, 7) is 4.87. The largest absolute Gasteiger partial charge is 0.344 e. The van der Waals surface area contributed by atoms with Gasteiger partial charge in [0.1, 0.15) is 0 Å². The molecule has 0 radical (unpaired) electrons. The van der Waals surface area contributed by atoms with Crippen LogP contribution in [0.2, 0.25) is 0 Å². The smallest absolute Gasteiger partial charge is 0.225 e. The summed E-state index contributed by atoms with van der Waals surface area (Å²) < 4.78 is 0. The molecule has 0 saturated heterocycles. The summed E-state index contributed by atoms with van der Waals surface area (Å²) in [5.41, 5.74) is 5.74. The molecule has 106 valence electrons. The average Bonchev–Trinajstić information content (AvgIpc) is 2.35. The van der Waals surface area contributed by atoms with Crippen LogP contribution in [-0.2, 0) is 4.79 Å². The molecular formula is C15H30N2O. The first-order valence-electron chi connectivity index (χ1n) is 7.55. The van der Waals surface area contributed by atoms with Crippen LogP contribution in [0.15, 0.2) is 0 Å². The first-order chi connectivity index (χ1) is 8.54. The number of unbranched alkanes of at least 4 members (excludes halogenated alkanes) is 1. The van der Waals surface area contributed by atoms with E-state index in [0.717, 1.165) is 18.8 Å². The van der Waals surface area contributed by atoms with Gasteiger partial charge >= 0.3 is 0 Å². The van der Waals surface area contributed by atoms with Gasteiger partial charge in [0.25, 0.3) is 0 Å². The van der Waals surface area contributed by atoms with Gasteiger partial charge in [0.05, 0.1) is 0 Å². The maximum atomic E-state index is 12.2. The fourth-order valence-corrected chi connectivity index (χ4v) is 3.02. The standard InChI is InChI=1S/C15H30N2O/c1-4-5-6-13-7-9-14(10-8-13)15(18)17(3)11-12(2)16/h12-14H,4-11,16H2,1-3H3. The molecule has 0 aliphatic heterocycles. The number of nitrogens with two attached hydrogens (primary N) is 1. The van der Waals surface area contributed by atoms with E-state index in [1.807, 2.05) is 18.9 Å². The van der Waals surface area contributed by atoms with Crippen LogP contribution in [0.1, 0.15) is 58.8 Å². The first kappa shape index (κ1) is 15.5. The molecule has 1 atom stereocenters. The molecule has 0 aromatic rings. The molecule has 2 N–H and O–H groups in total. The van der Waals surface area contributed by atoms with Gasteiger partial charge in [0.2, 0.25) is 5.91 Å². The van der Waals surface area contributed by atoms with E-state index in [9.17, 15) is 4.79 Å². The molecule has 18 heavy (non-hydrogen) atoms. The maximum absolute atomic E-state index is 12.2. The van der Waals surface area contributed by atoms with Crippen LogP contribution in [0.4, 0.5) is 0 Å². The molecule has 0 spiro atoms. The van der Waals surface area contributed by atoms with Gasteiger partial charge in [0, 0.05) is 25.6 Å². The van der Waals surface area contributed by atoms with Gasteiger partial charge in [-0.1, -0.05) is 26.2 Å². The quantitative estimate of drug-likeness (QED) is 0.792. The second-order valence-corrected chi connectivity index (χ2v) is 6.06. The van der Waals surface area contributed by atoms with Crippen LogP contribution < -0.4 is 5.73 Å². The average molecular weight is 254 g/mol. The highest BCUT2D eigenvalue weighted by Crippen LogP contribution is 2.32. The SMILES string of the molecule is CCCCC1CCC(C(=O)N(C)CC(C)N)CC1. The number of amides is 1. The zero-order chi connectivity index (χ0) is 13.5. The fraction of sp³-hybridized carbons (Fsp3) is 0.933. The molecule has 1 saturated carbocycles. The van der Waals surface area contributed by atoms with Crippen molar-refractivity contribution in [1.82, 2.24) is 4.90 Å². The molecule has 0 aromatic carbocycles. The van der Waals surface area contributed by atoms with E-state index in [1.165, 1.54) is 32.1 Å². The maximum Gasteiger partial charge on any atom is 0.225 e. The molecule has 1 aliphatic carbocycles.